The van der Waals surface area contributed by atoms with Gasteiger partial charge in [0, 0.05) is 19.6 Å². The summed E-state index contributed by atoms with van der Waals surface area (Å²) in [5, 5.41) is 10.2. The van der Waals surface area contributed by atoms with Gasteiger partial charge in [-0.15, -0.1) is 0 Å². The Labute approximate surface area is 109 Å². The normalized spacial score (nSPS) is 18.7. The molecule has 1 N–H and O–H groups in total. The van der Waals surface area contributed by atoms with Crippen molar-refractivity contribution in [3.05, 3.63) is 29.8 Å². The second-order valence-corrected chi connectivity index (χ2v) is 5.57. The molecule has 1 heterocycles. The third kappa shape index (κ3) is 2.85. The van der Waals surface area contributed by atoms with Crippen molar-refractivity contribution in [1.82, 2.24) is 4.90 Å². The third-order valence-electron chi connectivity index (χ3n) is 3.95. The number of β-amino-alcohol motifs (C(OH)–C–C–N with tert-alkyl or cyclic N) is 1. The van der Waals surface area contributed by atoms with Crippen molar-refractivity contribution in [2.75, 3.05) is 26.7 Å². The van der Waals surface area contributed by atoms with Crippen molar-refractivity contribution in [2.24, 2.45) is 5.92 Å². The quantitative estimate of drug-likeness (QED) is 0.865. The van der Waals surface area contributed by atoms with Gasteiger partial charge in [0.2, 0.25) is 0 Å². The van der Waals surface area contributed by atoms with E-state index in [-0.39, 0.29) is 0 Å². The molecule has 0 aliphatic carbocycles. The van der Waals surface area contributed by atoms with Crippen molar-refractivity contribution in [3.8, 4) is 5.75 Å². The Kier molecular flexibility index (Phi) is 3.93. The van der Waals surface area contributed by atoms with E-state index in [4.69, 9.17) is 4.74 Å². The summed E-state index contributed by atoms with van der Waals surface area (Å²) < 4.78 is 5.14. The number of nitrogens with zero attached hydrogens (tertiary/aromatic N) is 1. The minimum atomic E-state index is -0.458. The summed E-state index contributed by atoms with van der Waals surface area (Å²) >= 11 is 0. The maximum atomic E-state index is 10.2. The van der Waals surface area contributed by atoms with Crippen LogP contribution in [-0.2, 0) is 6.42 Å². The van der Waals surface area contributed by atoms with E-state index in [2.05, 4.69) is 30.9 Å². The van der Waals surface area contributed by atoms with Gasteiger partial charge < -0.3 is 9.84 Å². The highest BCUT2D eigenvalue weighted by Crippen LogP contribution is 2.28. The molecule has 0 amide bonds. The van der Waals surface area contributed by atoms with Gasteiger partial charge in [0.25, 0.3) is 0 Å². The van der Waals surface area contributed by atoms with Crippen LogP contribution in [0.1, 0.15) is 19.4 Å². The van der Waals surface area contributed by atoms with Crippen LogP contribution in [0.5, 0.6) is 5.75 Å². The summed E-state index contributed by atoms with van der Waals surface area (Å²) in [4.78, 5) is 2.31. The van der Waals surface area contributed by atoms with Gasteiger partial charge in [-0.3, -0.25) is 4.90 Å². The highest BCUT2D eigenvalue weighted by atomic mass is 16.5. The van der Waals surface area contributed by atoms with E-state index in [9.17, 15) is 5.11 Å². The van der Waals surface area contributed by atoms with Gasteiger partial charge in [0.05, 0.1) is 12.7 Å². The Morgan fingerprint density at radius 3 is 2.39 bits per heavy atom. The molecule has 0 saturated carbocycles. The lowest BCUT2D eigenvalue weighted by molar-refractivity contribution is -0.126. The van der Waals surface area contributed by atoms with Crippen molar-refractivity contribution in [2.45, 2.75) is 25.9 Å². The first-order chi connectivity index (χ1) is 8.53. The number of ether oxygens (including phenoxy) is 1. The summed E-state index contributed by atoms with van der Waals surface area (Å²) in [6.07, 6.45) is 1.03. The van der Waals surface area contributed by atoms with Crippen LogP contribution >= 0.6 is 0 Å². The SMILES string of the molecule is COc1ccc(CCN2CC(O)(C(C)C)C2)cc1. The van der Waals surface area contributed by atoms with Gasteiger partial charge in [-0.2, -0.15) is 0 Å². The van der Waals surface area contributed by atoms with E-state index in [1.54, 1.807) is 7.11 Å². The summed E-state index contributed by atoms with van der Waals surface area (Å²) in [6.45, 7) is 6.80. The van der Waals surface area contributed by atoms with Crippen molar-refractivity contribution in [3.63, 3.8) is 0 Å². The van der Waals surface area contributed by atoms with Crippen molar-refractivity contribution < 1.29 is 9.84 Å². The lowest BCUT2D eigenvalue weighted by atomic mass is 9.83. The highest BCUT2D eigenvalue weighted by Gasteiger charge is 2.42. The molecule has 3 heteroatoms. The van der Waals surface area contributed by atoms with Gasteiger partial charge in [-0.05, 0) is 30.0 Å². The molecule has 1 aromatic rings. The molecule has 0 radical (unpaired) electrons. The Hall–Kier alpha value is -1.06. The predicted octanol–water partition coefficient (Wildman–Crippen LogP) is 1.94. The molecule has 100 valence electrons. The van der Waals surface area contributed by atoms with Crippen LogP contribution < -0.4 is 4.74 Å². The zero-order valence-electron chi connectivity index (χ0n) is 11.5. The lowest BCUT2D eigenvalue weighted by Gasteiger charge is -2.49. The molecular formula is C15H23NO2. The van der Waals surface area contributed by atoms with Crippen LogP contribution in [0.3, 0.4) is 0 Å². The number of hydrogen-bond donors (Lipinski definition) is 1. The van der Waals surface area contributed by atoms with Gasteiger partial charge in [-0.25, -0.2) is 0 Å². The Balaban J connectivity index is 1.76. The first-order valence-electron chi connectivity index (χ1n) is 6.61. The third-order valence-corrected chi connectivity index (χ3v) is 3.95. The number of aliphatic hydroxyl groups is 1. The van der Waals surface area contributed by atoms with Crippen LogP contribution in [0.2, 0.25) is 0 Å². The van der Waals surface area contributed by atoms with Crippen LogP contribution in [-0.4, -0.2) is 42.4 Å². The van der Waals surface area contributed by atoms with E-state index in [0.717, 1.165) is 31.8 Å². The molecular weight excluding hydrogens is 226 g/mol. The Morgan fingerprint density at radius 1 is 1.28 bits per heavy atom. The van der Waals surface area contributed by atoms with Gasteiger partial charge >= 0.3 is 0 Å². The predicted molar refractivity (Wildman–Crippen MR) is 72.9 cm³/mol. The van der Waals surface area contributed by atoms with E-state index < -0.39 is 5.60 Å². The number of benzene rings is 1. The van der Waals surface area contributed by atoms with E-state index in [1.165, 1.54) is 5.56 Å². The molecule has 3 nitrogen and oxygen atoms in total. The van der Waals surface area contributed by atoms with Gasteiger partial charge in [0.1, 0.15) is 5.75 Å². The summed E-state index contributed by atoms with van der Waals surface area (Å²) in [5.74, 6) is 1.24. The second-order valence-electron chi connectivity index (χ2n) is 5.57. The molecule has 0 aromatic heterocycles. The van der Waals surface area contributed by atoms with Crippen LogP contribution in [0.4, 0.5) is 0 Å². The van der Waals surface area contributed by atoms with Crippen LogP contribution in [0.25, 0.3) is 0 Å². The maximum absolute atomic E-state index is 10.2. The lowest BCUT2D eigenvalue weighted by Crippen LogP contribution is -2.64. The molecule has 1 fully saturated rings. The highest BCUT2D eigenvalue weighted by molar-refractivity contribution is 5.27. The average molecular weight is 249 g/mol. The number of likely N-dealkylation sites (tertiary alicyclic amines) is 1. The molecule has 1 aliphatic rings. The topological polar surface area (TPSA) is 32.7 Å². The van der Waals surface area contributed by atoms with Gasteiger partial charge in [0.15, 0.2) is 0 Å². The average Bonchev–Trinajstić information content (AvgIpc) is 2.33. The molecule has 1 aliphatic heterocycles. The smallest absolute Gasteiger partial charge is 0.118 e. The monoisotopic (exact) mass is 249 g/mol. The minimum Gasteiger partial charge on any atom is -0.497 e. The molecule has 0 atom stereocenters. The zero-order valence-corrected chi connectivity index (χ0v) is 11.5. The first kappa shape index (κ1) is 13.4. The molecule has 0 unspecified atom stereocenters. The van der Waals surface area contributed by atoms with Crippen molar-refractivity contribution in [1.29, 1.82) is 0 Å². The zero-order chi connectivity index (χ0) is 13.2. The molecule has 18 heavy (non-hydrogen) atoms. The molecule has 1 saturated heterocycles. The van der Waals surface area contributed by atoms with E-state index in [0.29, 0.717) is 5.92 Å². The molecule has 0 bridgehead atoms. The first-order valence-corrected chi connectivity index (χ1v) is 6.61. The summed E-state index contributed by atoms with van der Waals surface area (Å²) in [7, 11) is 1.68. The minimum absolute atomic E-state index is 0.342. The second kappa shape index (κ2) is 5.29. The Morgan fingerprint density at radius 2 is 1.89 bits per heavy atom. The number of rotatable bonds is 5. The van der Waals surface area contributed by atoms with Gasteiger partial charge in [-0.1, -0.05) is 26.0 Å². The molecule has 1 aromatic carbocycles. The molecule has 2 rings (SSSR count). The van der Waals surface area contributed by atoms with Crippen LogP contribution in [0.15, 0.2) is 24.3 Å². The van der Waals surface area contributed by atoms with Crippen molar-refractivity contribution >= 4 is 0 Å². The Bertz CT molecular complexity index is 380. The standard InChI is InChI=1S/C15H23NO2/c1-12(2)15(17)10-16(11-15)9-8-13-4-6-14(18-3)7-5-13/h4-7,12,17H,8-11H2,1-3H3. The number of hydrogen-bond acceptors (Lipinski definition) is 3. The number of methoxy groups -OCH3 is 1. The largest absolute Gasteiger partial charge is 0.497 e. The summed E-state index contributed by atoms with van der Waals surface area (Å²) in [5.41, 5.74) is 0.857. The fourth-order valence-corrected chi connectivity index (χ4v) is 2.33. The van der Waals surface area contributed by atoms with E-state index in [1.807, 2.05) is 12.1 Å². The fourth-order valence-electron chi connectivity index (χ4n) is 2.33. The fraction of sp³-hybridized carbons (Fsp3) is 0.600. The van der Waals surface area contributed by atoms with Crippen LogP contribution in [0, 0.1) is 5.92 Å². The summed E-state index contributed by atoms with van der Waals surface area (Å²) in [6, 6.07) is 8.20. The molecule has 0 spiro atoms. The maximum Gasteiger partial charge on any atom is 0.118 e. The van der Waals surface area contributed by atoms with E-state index >= 15 is 0 Å².